The van der Waals surface area contributed by atoms with Crippen molar-refractivity contribution >= 4 is 5.69 Å². The van der Waals surface area contributed by atoms with Gasteiger partial charge in [0, 0.05) is 18.2 Å². The molecule has 1 aliphatic heterocycles. The normalized spacial score (nSPS) is 18.4. The Kier molecular flexibility index (Phi) is 3.34. The van der Waals surface area contributed by atoms with Crippen LogP contribution in [0.4, 0.5) is 5.69 Å². The minimum Gasteiger partial charge on any atom is -0.497 e. The zero-order valence-electron chi connectivity index (χ0n) is 10.3. The monoisotopic (exact) mass is 220 g/mol. The third-order valence-electron chi connectivity index (χ3n) is 3.16. The number of rotatable bonds is 4. The smallest absolute Gasteiger partial charge is 0.119 e. The maximum Gasteiger partial charge on any atom is 0.119 e. The lowest BCUT2D eigenvalue weighted by Gasteiger charge is -2.14. The van der Waals surface area contributed by atoms with Gasteiger partial charge in [-0.1, -0.05) is 0 Å². The third-order valence-corrected chi connectivity index (χ3v) is 3.16. The van der Waals surface area contributed by atoms with E-state index in [1.54, 1.807) is 7.11 Å². The second-order valence-electron chi connectivity index (χ2n) is 4.62. The summed E-state index contributed by atoms with van der Waals surface area (Å²) in [7, 11) is 5.96. The number of hydrogen-bond donors (Lipinski definition) is 1. The van der Waals surface area contributed by atoms with Crippen molar-refractivity contribution in [1.82, 2.24) is 4.90 Å². The van der Waals surface area contributed by atoms with Crippen molar-refractivity contribution in [2.75, 3.05) is 39.6 Å². The molecule has 0 saturated carbocycles. The van der Waals surface area contributed by atoms with Crippen LogP contribution in [-0.4, -0.2) is 39.2 Å². The van der Waals surface area contributed by atoms with Gasteiger partial charge in [-0.3, -0.25) is 0 Å². The van der Waals surface area contributed by atoms with Gasteiger partial charge in [-0.05, 0) is 50.8 Å². The lowest BCUT2D eigenvalue weighted by Crippen LogP contribution is -2.16. The number of hydrogen-bond acceptors (Lipinski definition) is 3. The fraction of sp³-hybridized carbons (Fsp3) is 0.538. The standard InChI is InChI=1S/C13H20N2O/c1-15(2)7-6-10-9-14-13-5-4-11(16-3)8-12(10)13/h4-5,8,10,14H,6-7,9H2,1-3H3. The summed E-state index contributed by atoms with van der Waals surface area (Å²) in [5.41, 5.74) is 2.67. The van der Waals surface area contributed by atoms with Crippen molar-refractivity contribution in [3.63, 3.8) is 0 Å². The molecule has 88 valence electrons. The number of nitrogens with one attached hydrogen (secondary N) is 1. The molecular formula is C13H20N2O. The number of benzene rings is 1. The van der Waals surface area contributed by atoms with Gasteiger partial charge in [-0.15, -0.1) is 0 Å². The summed E-state index contributed by atoms with van der Waals surface area (Å²) in [4.78, 5) is 2.23. The van der Waals surface area contributed by atoms with Crippen LogP contribution in [0.1, 0.15) is 17.9 Å². The minimum atomic E-state index is 0.618. The number of methoxy groups -OCH3 is 1. The molecule has 2 rings (SSSR count). The number of anilines is 1. The second kappa shape index (κ2) is 4.74. The average Bonchev–Trinajstić information content (AvgIpc) is 2.68. The van der Waals surface area contributed by atoms with E-state index in [0.717, 1.165) is 18.8 Å². The molecule has 1 unspecified atom stereocenters. The highest BCUT2D eigenvalue weighted by molar-refractivity contribution is 5.60. The van der Waals surface area contributed by atoms with Crippen molar-refractivity contribution in [2.24, 2.45) is 0 Å². The molecule has 16 heavy (non-hydrogen) atoms. The van der Waals surface area contributed by atoms with E-state index >= 15 is 0 Å². The van der Waals surface area contributed by atoms with Gasteiger partial charge < -0.3 is 15.0 Å². The van der Waals surface area contributed by atoms with Crippen LogP contribution in [-0.2, 0) is 0 Å². The molecule has 1 aromatic carbocycles. The van der Waals surface area contributed by atoms with E-state index in [1.165, 1.54) is 17.7 Å². The van der Waals surface area contributed by atoms with Crippen molar-refractivity contribution in [3.05, 3.63) is 23.8 Å². The second-order valence-corrected chi connectivity index (χ2v) is 4.62. The van der Waals surface area contributed by atoms with Crippen molar-refractivity contribution in [3.8, 4) is 5.75 Å². The van der Waals surface area contributed by atoms with Crippen molar-refractivity contribution < 1.29 is 4.74 Å². The van der Waals surface area contributed by atoms with Crippen LogP contribution in [0.25, 0.3) is 0 Å². The average molecular weight is 220 g/mol. The SMILES string of the molecule is COc1ccc2c(c1)C(CCN(C)C)CN2. The summed E-state index contributed by atoms with van der Waals surface area (Å²) >= 11 is 0. The molecule has 0 radical (unpaired) electrons. The highest BCUT2D eigenvalue weighted by atomic mass is 16.5. The van der Waals surface area contributed by atoms with E-state index in [0.29, 0.717) is 5.92 Å². The number of fused-ring (bicyclic) bond motifs is 1. The Bertz CT molecular complexity index is 363. The first kappa shape index (κ1) is 11.3. The molecule has 0 bridgehead atoms. The Hall–Kier alpha value is -1.22. The molecular weight excluding hydrogens is 200 g/mol. The summed E-state index contributed by atoms with van der Waals surface area (Å²) in [6.45, 7) is 2.18. The van der Waals surface area contributed by atoms with Gasteiger partial charge >= 0.3 is 0 Å². The summed E-state index contributed by atoms with van der Waals surface area (Å²) in [6, 6.07) is 6.29. The fourth-order valence-electron chi connectivity index (χ4n) is 2.18. The van der Waals surface area contributed by atoms with Gasteiger partial charge in [-0.2, -0.15) is 0 Å². The lowest BCUT2D eigenvalue weighted by molar-refractivity contribution is 0.385. The van der Waals surface area contributed by atoms with Crippen molar-refractivity contribution in [1.29, 1.82) is 0 Å². The molecule has 1 aliphatic rings. The summed E-state index contributed by atoms with van der Waals surface area (Å²) in [5, 5.41) is 3.45. The van der Waals surface area contributed by atoms with Crippen LogP contribution in [0.2, 0.25) is 0 Å². The molecule has 0 aliphatic carbocycles. The summed E-state index contributed by atoms with van der Waals surface area (Å²) in [5.74, 6) is 1.57. The van der Waals surface area contributed by atoms with Crippen LogP contribution in [0.15, 0.2) is 18.2 Å². The van der Waals surface area contributed by atoms with Crippen LogP contribution >= 0.6 is 0 Å². The Morgan fingerprint density at radius 1 is 1.44 bits per heavy atom. The zero-order valence-corrected chi connectivity index (χ0v) is 10.3. The molecule has 0 spiro atoms. The molecule has 0 fully saturated rings. The first-order chi connectivity index (χ1) is 7.70. The van der Waals surface area contributed by atoms with E-state index in [1.807, 2.05) is 6.07 Å². The predicted octanol–water partition coefficient (Wildman–Crippen LogP) is 2.16. The van der Waals surface area contributed by atoms with Gasteiger partial charge in [0.15, 0.2) is 0 Å². The highest BCUT2D eigenvalue weighted by Crippen LogP contribution is 2.35. The molecule has 0 saturated heterocycles. The predicted molar refractivity (Wildman–Crippen MR) is 67.4 cm³/mol. The van der Waals surface area contributed by atoms with E-state index in [9.17, 15) is 0 Å². The topological polar surface area (TPSA) is 24.5 Å². The van der Waals surface area contributed by atoms with Crippen LogP contribution in [0, 0.1) is 0 Å². The number of ether oxygens (including phenoxy) is 1. The van der Waals surface area contributed by atoms with Gasteiger partial charge in [0.1, 0.15) is 5.75 Å². The summed E-state index contributed by atoms with van der Waals surface area (Å²) < 4.78 is 5.28. The Morgan fingerprint density at radius 2 is 2.25 bits per heavy atom. The van der Waals surface area contributed by atoms with E-state index in [2.05, 4.69) is 36.4 Å². The van der Waals surface area contributed by atoms with Crippen molar-refractivity contribution in [2.45, 2.75) is 12.3 Å². The minimum absolute atomic E-state index is 0.618. The summed E-state index contributed by atoms with van der Waals surface area (Å²) in [6.07, 6.45) is 1.19. The fourth-order valence-corrected chi connectivity index (χ4v) is 2.18. The molecule has 0 amide bonds. The maximum atomic E-state index is 5.28. The molecule has 3 nitrogen and oxygen atoms in total. The van der Waals surface area contributed by atoms with Gasteiger partial charge in [-0.25, -0.2) is 0 Å². The van der Waals surface area contributed by atoms with E-state index < -0.39 is 0 Å². The number of nitrogens with zero attached hydrogens (tertiary/aromatic N) is 1. The zero-order chi connectivity index (χ0) is 11.5. The van der Waals surface area contributed by atoms with Crippen LogP contribution in [0.5, 0.6) is 5.75 Å². The Morgan fingerprint density at radius 3 is 2.94 bits per heavy atom. The highest BCUT2D eigenvalue weighted by Gasteiger charge is 2.22. The van der Waals surface area contributed by atoms with Gasteiger partial charge in [0.2, 0.25) is 0 Å². The largest absolute Gasteiger partial charge is 0.497 e. The first-order valence-electron chi connectivity index (χ1n) is 5.77. The third kappa shape index (κ3) is 2.30. The molecule has 1 atom stereocenters. The Balaban J connectivity index is 2.11. The molecule has 1 aromatic rings. The van der Waals surface area contributed by atoms with Crippen LogP contribution in [0.3, 0.4) is 0 Å². The molecule has 1 heterocycles. The van der Waals surface area contributed by atoms with Gasteiger partial charge in [0.05, 0.1) is 7.11 Å². The first-order valence-corrected chi connectivity index (χ1v) is 5.77. The maximum absolute atomic E-state index is 5.28. The molecule has 3 heteroatoms. The Labute approximate surface area is 97.4 Å². The van der Waals surface area contributed by atoms with Crippen LogP contribution < -0.4 is 10.1 Å². The molecule has 1 N–H and O–H groups in total. The van der Waals surface area contributed by atoms with E-state index in [4.69, 9.17) is 4.74 Å². The lowest BCUT2D eigenvalue weighted by atomic mass is 9.97. The quantitative estimate of drug-likeness (QED) is 0.841. The van der Waals surface area contributed by atoms with Gasteiger partial charge in [0.25, 0.3) is 0 Å². The van der Waals surface area contributed by atoms with E-state index in [-0.39, 0.29) is 0 Å². The molecule has 0 aromatic heterocycles.